The van der Waals surface area contributed by atoms with Crippen LogP contribution < -0.4 is 10.2 Å². The maximum atomic E-state index is 12.5. The molecule has 1 saturated carbocycles. The molecule has 0 aromatic heterocycles. The first kappa shape index (κ1) is 17.9. The Bertz CT molecular complexity index is 665. The summed E-state index contributed by atoms with van der Waals surface area (Å²) >= 11 is 0. The Hall–Kier alpha value is -1.88. The van der Waals surface area contributed by atoms with E-state index in [9.17, 15) is 14.7 Å². The van der Waals surface area contributed by atoms with Crippen molar-refractivity contribution in [1.82, 2.24) is 5.32 Å². The SMILES string of the molecule is Cc1ccc(N2CC(C(=O)NCC3(O)CCCC3)CCC2=O)cc1C. The highest BCUT2D eigenvalue weighted by atomic mass is 16.3. The lowest BCUT2D eigenvalue weighted by molar-refractivity contribution is -0.128. The van der Waals surface area contributed by atoms with E-state index in [1.54, 1.807) is 4.90 Å². The van der Waals surface area contributed by atoms with Crippen LogP contribution in [0.2, 0.25) is 0 Å². The molecule has 0 radical (unpaired) electrons. The van der Waals surface area contributed by atoms with Crippen molar-refractivity contribution in [3.8, 4) is 0 Å². The number of carbonyl (C=O) groups is 2. The van der Waals surface area contributed by atoms with Crippen LogP contribution in [0.1, 0.15) is 49.7 Å². The summed E-state index contributed by atoms with van der Waals surface area (Å²) in [6.45, 7) is 4.80. The van der Waals surface area contributed by atoms with Gasteiger partial charge in [0, 0.05) is 25.2 Å². The van der Waals surface area contributed by atoms with Crippen LogP contribution in [0.5, 0.6) is 0 Å². The van der Waals surface area contributed by atoms with E-state index in [1.807, 2.05) is 32.0 Å². The average Bonchev–Trinajstić information content (AvgIpc) is 3.03. The van der Waals surface area contributed by atoms with Gasteiger partial charge >= 0.3 is 0 Å². The third-order valence-corrected chi connectivity index (χ3v) is 5.71. The lowest BCUT2D eigenvalue weighted by Crippen LogP contribution is -2.49. The van der Waals surface area contributed by atoms with Gasteiger partial charge in [-0.2, -0.15) is 0 Å². The fourth-order valence-electron chi connectivity index (χ4n) is 3.81. The molecule has 5 heteroatoms. The van der Waals surface area contributed by atoms with E-state index in [0.29, 0.717) is 25.9 Å². The zero-order chi connectivity index (χ0) is 18.0. The number of piperidine rings is 1. The Morgan fingerprint density at radius 2 is 2.00 bits per heavy atom. The summed E-state index contributed by atoms with van der Waals surface area (Å²) in [4.78, 5) is 26.6. The van der Waals surface area contributed by atoms with Gasteiger partial charge in [0.15, 0.2) is 0 Å². The molecule has 1 unspecified atom stereocenters. The Balaban J connectivity index is 1.64. The second-order valence-electron chi connectivity index (χ2n) is 7.66. The molecule has 2 N–H and O–H groups in total. The fourth-order valence-corrected chi connectivity index (χ4v) is 3.81. The highest BCUT2D eigenvalue weighted by molar-refractivity contribution is 5.96. The number of rotatable bonds is 4. The van der Waals surface area contributed by atoms with Gasteiger partial charge in [0.2, 0.25) is 11.8 Å². The van der Waals surface area contributed by atoms with E-state index in [0.717, 1.165) is 36.9 Å². The first-order chi connectivity index (χ1) is 11.9. The molecule has 2 fully saturated rings. The number of carbonyl (C=O) groups excluding carboxylic acids is 2. The van der Waals surface area contributed by atoms with E-state index < -0.39 is 5.60 Å². The number of nitrogens with zero attached hydrogens (tertiary/aromatic N) is 1. The predicted molar refractivity (Wildman–Crippen MR) is 97.4 cm³/mol. The Kier molecular flexibility index (Phi) is 5.13. The maximum Gasteiger partial charge on any atom is 0.227 e. The summed E-state index contributed by atoms with van der Waals surface area (Å²) in [5, 5.41) is 13.3. The number of hydrogen-bond acceptors (Lipinski definition) is 3. The number of benzene rings is 1. The van der Waals surface area contributed by atoms with Crippen LogP contribution in [-0.4, -0.2) is 35.6 Å². The standard InChI is InChI=1S/C20H28N2O3/c1-14-5-7-17(11-15(14)2)22-12-16(6-8-18(22)23)19(24)21-13-20(25)9-3-4-10-20/h5,7,11,16,25H,3-4,6,8-10,12-13H2,1-2H3,(H,21,24). The molecule has 2 aliphatic rings. The minimum Gasteiger partial charge on any atom is -0.388 e. The molecule has 25 heavy (non-hydrogen) atoms. The summed E-state index contributed by atoms with van der Waals surface area (Å²) in [5.74, 6) is -0.201. The first-order valence-corrected chi connectivity index (χ1v) is 9.26. The van der Waals surface area contributed by atoms with Gasteiger partial charge < -0.3 is 15.3 Å². The van der Waals surface area contributed by atoms with Crippen LogP contribution in [0.25, 0.3) is 0 Å². The van der Waals surface area contributed by atoms with Crippen LogP contribution in [0.15, 0.2) is 18.2 Å². The van der Waals surface area contributed by atoms with Gasteiger partial charge in [0.1, 0.15) is 0 Å². The minimum absolute atomic E-state index is 0.0540. The topological polar surface area (TPSA) is 69.6 Å². The normalized spacial score (nSPS) is 22.9. The maximum absolute atomic E-state index is 12.5. The highest BCUT2D eigenvalue weighted by Crippen LogP contribution is 2.29. The van der Waals surface area contributed by atoms with Crippen molar-refractivity contribution in [1.29, 1.82) is 0 Å². The lowest BCUT2D eigenvalue weighted by atomic mass is 9.95. The van der Waals surface area contributed by atoms with Gasteiger partial charge in [0.05, 0.1) is 11.5 Å². The van der Waals surface area contributed by atoms with Gasteiger partial charge in [0.25, 0.3) is 0 Å². The third-order valence-electron chi connectivity index (χ3n) is 5.71. The first-order valence-electron chi connectivity index (χ1n) is 9.26. The van der Waals surface area contributed by atoms with Crippen molar-refractivity contribution < 1.29 is 14.7 Å². The highest BCUT2D eigenvalue weighted by Gasteiger charge is 2.34. The van der Waals surface area contributed by atoms with E-state index in [-0.39, 0.29) is 17.7 Å². The van der Waals surface area contributed by atoms with Gasteiger partial charge in [-0.25, -0.2) is 0 Å². The summed E-state index contributed by atoms with van der Waals surface area (Å²) in [6, 6.07) is 5.97. The molecule has 1 atom stereocenters. The predicted octanol–water partition coefficient (Wildman–Crippen LogP) is 2.47. The summed E-state index contributed by atoms with van der Waals surface area (Å²) < 4.78 is 0. The van der Waals surface area contributed by atoms with Gasteiger partial charge in [-0.3, -0.25) is 9.59 Å². The Morgan fingerprint density at radius 3 is 2.68 bits per heavy atom. The number of nitrogens with one attached hydrogen (secondary N) is 1. The van der Waals surface area contributed by atoms with Gasteiger partial charge in [-0.15, -0.1) is 0 Å². The van der Waals surface area contributed by atoms with Crippen molar-refractivity contribution in [2.24, 2.45) is 5.92 Å². The van der Waals surface area contributed by atoms with E-state index in [1.165, 1.54) is 5.56 Å². The molecule has 1 aromatic carbocycles. The Morgan fingerprint density at radius 1 is 1.28 bits per heavy atom. The summed E-state index contributed by atoms with van der Waals surface area (Å²) in [6.07, 6.45) is 4.51. The van der Waals surface area contributed by atoms with Crippen molar-refractivity contribution >= 4 is 17.5 Å². The molecule has 1 saturated heterocycles. The van der Waals surface area contributed by atoms with Crippen LogP contribution in [0.4, 0.5) is 5.69 Å². The van der Waals surface area contributed by atoms with Gasteiger partial charge in [-0.1, -0.05) is 18.9 Å². The molecular formula is C20H28N2O3. The van der Waals surface area contributed by atoms with Crippen LogP contribution in [0.3, 0.4) is 0 Å². The molecule has 0 bridgehead atoms. The molecule has 3 rings (SSSR count). The second kappa shape index (κ2) is 7.16. The average molecular weight is 344 g/mol. The number of amides is 2. The Labute approximate surface area is 149 Å². The van der Waals surface area contributed by atoms with Crippen molar-refractivity contribution in [3.63, 3.8) is 0 Å². The van der Waals surface area contributed by atoms with Crippen molar-refractivity contribution in [3.05, 3.63) is 29.3 Å². The van der Waals surface area contributed by atoms with E-state index in [4.69, 9.17) is 0 Å². The molecule has 1 aliphatic heterocycles. The van der Waals surface area contributed by atoms with Crippen molar-refractivity contribution in [2.45, 2.75) is 58.0 Å². The van der Waals surface area contributed by atoms with Crippen molar-refractivity contribution in [2.75, 3.05) is 18.0 Å². The molecule has 5 nitrogen and oxygen atoms in total. The van der Waals surface area contributed by atoms with E-state index in [2.05, 4.69) is 5.32 Å². The van der Waals surface area contributed by atoms with E-state index >= 15 is 0 Å². The minimum atomic E-state index is -0.742. The monoisotopic (exact) mass is 344 g/mol. The number of hydrogen-bond donors (Lipinski definition) is 2. The number of anilines is 1. The van der Waals surface area contributed by atoms with Crippen LogP contribution in [-0.2, 0) is 9.59 Å². The zero-order valence-electron chi connectivity index (χ0n) is 15.2. The number of aliphatic hydroxyl groups is 1. The summed E-state index contributed by atoms with van der Waals surface area (Å²) in [5.41, 5.74) is 2.45. The molecule has 136 valence electrons. The quantitative estimate of drug-likeness (QED) is 0.881. The smallest absolute Gasteiger partial charge is 0.227 e. The lowest BCUT2D eigenvalue weighted by Gasteiger charge is -2.33. The molecule has 1 aliphatic carbocycles. The molecule has 1 heterocycles. The molecule has 2 amide bonds. The second-order valence-corrected chi connectivity index (χ2v) is 7.66. The molecule has 0 spiro atoms. The van der Waals surface area contributed by atoms with Crippen LogP contribution >= 0.6 is 0 Å². The third kappa shape index (κ3) is 4.03. The molecular weight excluding hydrogens is 316 g/mol. The molecule has 1 aromatic rings. The van der Waals surface area contributed by atoms with Gasteiger partial charge in [-0.05, 0) is 56.4 Å². The number of aryl methyl sites for hydroxylation is 2. The zero-order valence-corrected chi connectivity index (χ0v) is 15.2. The fraction of sp³-hybridized carbons (Fsp3) is 0.600. The summed E-state index contributed by atoms with van der Waals surface area (Å²) in [7, 11) is 0. The van der Waals surface area contributed by atoms with Crippen LogP contribution in [0, 0.1) is 19.8 Å². The largest absolute Gasteiger partial charge is 0.388 e.